The summed E-state index contributed by atoms with van der Waals surface area (Å²) in [5.74, 6) is -0.157. The molecule has 0 atom stereocenters. The van der Waals surface area contributed by atoms with Crippen molar-refractivity contribution in [1.82, 2.24) is 0 Å². The minimum Gasteiger partial charge on any atom is -0.321 e. The van der Waals surface area contributed by atoms with Gasteiger partial charge in [0, 0.05) is 21.9 Å². The Hall–Kier alpha value is -1.90. The van der Waals surface area contributed by atoms with Gasteiger partial charge < -0.3 is 5.32 Å². The number of nitrogens with one attached hydrogen (secondary N) is 1. The van der Waals surface area contributed by atoms with E-state index in [2.05, 4.69) is 35.1 Å². The summed E-state index contributed by atoms with van der Waals surface area (Å²) < 4.78 is 26.8. The van der Waals surface area contributed by atoms with E-state index in [4.69, 9.17) is 0 Å². The van der Waals surface area contributed by atoms with Crippen molar-refractivity contribution in [3.8, 4) is 0 Å². The number of benzene rings is 2. The molecule has 5 nitrogen and oxygen atoms in total. The Balaban J connectivity index is 1.95. The molecule has 0 aliphatic heterocycles. The Morgan fingerprint density at radius 3 is 2.28 bits per heavy atom. The highest BCUT2D eigenvalue weighted by Gasteiger charge is 2.17. The fraction of sp³-hybridized carbons (Fsp3) is 0.286. The van der Waals surface area contributed by atoms with Gasteiger partial charge in [0.1, 0.15) is 0 Å². The van der Waals surface area contributed by atoms with E-state index < -0.39 is 10.0 Å². The fourth-order valence-corrected chi connectivity index (χ4v) is 5.14. The Kier molecular flexibility index (Phi) is 6.36. The maximum Gasteiger partial charge on any atom is 0.265 e. The van der Waals surface area contributed by atoms with Crippen LogP contribution < -0.4 is 9.62 Å². The van der Waals surface area contributed by atoms with Crippen LogP contribution in [0.3, 0.4) is 0 Å². The number of carbonyl (C=O) groups is 1. The molecule has 3 aromatic rings. The number of hydrogen-bond acceptors (Lipinski definition) is 4. The molecule has 1 N–H and O–H groups in total. The Labute approximate surface area is 183 Å². The van der Waals surface area contributed by atoms with Crippen LogP contribution in [0.2, 0.25) is 0 Å². The maximum absolute atomic E-state index is 13.0. The van der Waals surface area contributed by atoms with E-state index in [-0.39, 0.29) is 5.91 Å². The third-order valence-corrected chi connectivity index (χ3v) is 7.63. The maximum atomic E-state index is 13.0. The van der Waals surface area contributed by atoms with Crippen LogP contribution >= 0.6 is 27.3 Å². The molecule has 0 aliphatic carbocycles. The molecule has 3 rings (SSSR count). The lowest BCUT2D eigenvalue weighted by atomic mass is 10.0. The van der Waals surface area contributed by atoms with Gasteiger partial charge in [-0.05, 0) is 65.8 Å². The monoisotopic (exact) mass is 494 g/mol. The zero-order valence-corrected chi connectivity index (χ0v) is 20.0. The summed E-state index contributed by atoms with van der Waals surface area (Å²) in [6.07, 6.45) is 2.80. The number of carbonyl (C=O) groups excluding carboxylic acids is 1. The van der Waals surface area contributed by atoms with Gasteiger partial charge in [0.15, 0.2) is 0 Å². The molecular weight excluding hydrogens is 472 g/mol. The summed E-state index contributed by atoms with van der Waals surface area (Å²) in [4.78, 5) is 13.6. The van der Waals surface area contributed by atoms with E-state index in [1.807, 2.05) is 24.3 Å². The average molecular weight is 495 g/mol. The lowest BCUT2D eigenvalue weighted by Crippen LogP contribution is -2.24. The topological polar surface area (TPSA) is 66.5 Å². The number of anilines is 2. The zero-order chi connectivity index (χ0) is 21.3. The third-order valence-electron chi connectivity index (χ3n) is 4.85. The lowest BCUT2D eigenvalue weighted by Gasteiger charge is -2.16. The van der Waals surface area contributed by atoms with Crippen LogP contribution in [0.5, 0.6) is 0 Å². The van der Waals surface area contributed by atoms with Gasteiger partial charge in [-0.3, -0.25) is 9.10 Å². The van der Waals surface area contributed by atoms with Gasteiger partial charge in [-0.1, -0.05) is 29.8 Å². The second-order valence-electron chi connectivity index (χ2n) is 6.82. The number of hydrogen-bond donors (Lipinski definition) is 1. The minimum absolute atomic E-state index is 0.157. The second kappa shape index (κ2) is 8.45. The number of amides is 1. The molecular formula is C21H23BrN2O3S2. The standard InChI is InChI=1S/C21H23BrN2O3S2/c1-5-13-9-16(22)10-14(6-2)20(13)23-21(25)19-12-15-11-17(7-8-18(15)28-19)24(3)29(4,26)27/h7-12H,5-6H2,1-4H3,(H,23,25). The largest absolute Gasteiger partial charge is 0.321 e. The van der Waals surface area contributed by atoms with Crippen molar-refractivity contribution in [2.24, 2.45) is 0 Å². The van der Waals surface area contributed by atoms with Crippen LogP contribution in [-0.4, -0.2) is 27.6 Å². The van der Waals surface area contributed by atoms with Gasteiger partial charge in [-0.25, -0.2) is 8.42 Å². The smallest absolute Gasteiger partial charge is 0.265 e. The van der Waals surface area contributed by atoms with Crippen molar-refractivity contribution >= 4 is 64.7 Å². The van der Waals surface area contributed by atoms with E-state index in [1.54, 1.807) is 12.1 Å². The molecule has 29 heavy (non-hydrogen) atoms. The number of nitrogens with zero attached hydrogens (tertiary/aromatic N) is 1. The quantitative estimate of drug-likeness (QED) is 0.496. The highest BCUT2D eigenvalue weighted by molar-refractivity contribution is 9.10. The molecule has 0 radical (unpaired) electrons. The van der Waals surface area contributed by atoms with Gasteiger partial charge in [0.05, 0.1) is 16.8 Å². The Bertz CT molecular complexity index is 1160. The molecule has 0 unspecified atom stereocenters. The summed E-state index contributed by atoms with van der Waals surface area (Å²) in [7, 11) is -1.82. The predicted molar refractivity (Wildman–Crippen MR) is 126 cm³/mol. The van der Waals surface area contributed by atoms with E-state index in [9.17, 15) is 13.2 Å². The van der Waals surface area contributed by atoms with E-state index in [1.165, 1.54) is 28.9 Å². The van der Waals surface area contributed by atoms with E-state index in [0.29, 0.717) is 10.6 Å². The zero-order valence-electron chi connectivity index (χ0n) is 16.7. The molecule has 0 saturated carbocycles. The first-order chi connectivity index (χ1) is 13.6. The van der Waals surface area contributed by atoms with Crippen LogP contribution in [0.4, 0.5) is 11.4 Å². The van der Waals surface area contributed by atoms with Crippen LogP contribution in [0.15, 0.2) is 40.9 Å². The van der Waals surface area contributed by atoms with Crippen molar-refractivity contribution in [2.75, 3.05) is 22.9 Å². The molecule has 8 heteroatoms. The minimum atomic E-state index is -3.34. The molecule has 154 valence electrons. The van der Waals surface area contributed by atoms with Crippen LogP contribution in [0.1, 0.15) is 34.6 Å². The summed E-state index contributed by atoms with van der Waals surface area (Å²) >= 11 is 4.93. The number of thiophene rings is 1. The SMILES string of the molecule is CCc1cc(Br)cc(CC)c1NC(=O)c1cc2cc(N(C)S(C)(=O)=O)ccc2s1. The molecule has 0 fully saturated rings. The van der Waals surface area contributed by atoms with Gasteiger partial charge in [0.2, 0.25) is 10.0 Å². The van der Waals surface area contributed by atoms with Crippen molar-refractivity contribution in [1.29, 1.82) is 0 Å². The number of halogens is 1. The average Bonchev–Trinajstić information content (AvgIpc) is 3.10. The summed E-state index contributed by atoms with van der Waals surface area (Å²) in [5, 5.41) is 3.93. The second-order valence-corrected chi connectivity index (χ2v) is 10.8. The van der Waals surface area contributed by atoms with Gasteiger partial charge in [0.25, 0.3) is 5.91 Å². The number of rotatable bonds is 6. The number of fused-ring (bicyclic) bond motifs is 1. The Morgan fingerprint density at radius 1 is 1.10 bits per heavy atom. The van der Waals surface area contributed by atoms with Gasteiger partial charge >= 0.3 is 0 Å². The van der Waals surface area contributed by atoms with Crippen LogP contribution in [-0.2, 0) is 22.9 Å². The molecule has 0 aliphatic rings. The first kappa shape index (κ1) is 21.8. The molecule has 1 amide bonds. The molecule has 1 heterocycles. The van der Waals surface area contributed by atoms with E-state index in [0.717, 1.165) is 44.2 Å². The van der Waals surface area contributed by atoms with Gasteiger partial charge in [-0.2, -0.15) is 0 Å². The fourth-order valence-electron chi connectivity index (χ4n) is 3.15. The van der Waals surface area contributed by atoms with Crippen LogP contribution in [0.25, 0.3) is 10.1 Å². The lowest BCUT2D eigenvalue weighted by molar-refractivity contribution is 0.103. The van der Waals surface area contributed by atoms with Crippen molar-refractivity contribution in [2.45, 2.75) is 26.7 Å². The first-order valence-electron chi connectivity index (χ1n) is 9.24. The van der Waals surface area contributed by atoms with Crippen molar-refractivity contribution < 1.29 is 13.2 Å². The normalized spacial score (nSPS) is 11.6. The Morgan fingerprint density at radius 2 is 1.72 bits per heavy atom. The van der Waals surface area contributed by atoms with E-state index >= 15 is 0 Å². The third kappa shape index (κ3) is 4.65. The van der Waals surface area contributed by atoms with Crippen LogP contribution in [0, 0.1) is 0 Å². The van der Waals surface area contributed by atoms with Crippen molar-refractivity contribution in [3.63, 3.8) is 0 Å². The van der Waals surface area contributed by atoms with Crippen molar-refractivity contribution in [3.05, 3.63) is 56.9 Å². The molecule has 2 aromatic carbocycles. The summed E-state index contributed by atoms with van der Waals surface area (Å²) in [6.45, 7) is 4.13. The molecule has 0 spiro atoms. The summed E-state index contributed by atoms with van der Waals surface area (Å²) in [6, 6.07) is 11.3. The first-order valence-corrected chi connectivity index (χ1v) is 12.7. The number of sulfonamides is 1. The van der Waals surface area contributed by atoms with Gasteiger partial charge in [-0.15, -0.1) is 11.3 Å². The molecule has 0 saturated heterocycles. The highest BCUT2D eigenvalue weighted by Crippen LogP contribution is 2.32. The molecule has 0 bridgehead atoms. The predicted octanol–water partition coefficient (Wildman–Crippen LogP) is 5.44. The number of aryl methyl sites for hydroxylation is 2. The highest BCUT2D eigenvalue weighted by atomic mass is 79.9. The summed E-state index contributed by atoms with van der Waals surface area (Å²) in [5.41, 5.74) is 3.61. The molecule has 1 aromatic heterocycles.